The normalized spacial score (nSPS) is 14.5. The lowest BCUT2D eigenvalue weighted by Crippen LogP contribution is -2.48. The van der Waals surface area contributed by atoms with Gasteiger partial charge in [0.1, 0.15) is 11.6 Å². The topological polar surface area (TPSA) is 83.9 Å². The number of fused-ring (bicyclic) bond motifs is 6. The third-order valence-electron chi connectivity index (χ3n) is 6.55. The smallest absolute Gasteiger partial charge is 0.258 e. The van der Waals surface area contributed by atoms with Crippen LogP contribution in [0.2, 0.25) is 0 Å². The van der Waals surface area contributed by atoms with Crippen LogP contribution in [-0.2, 0) is 11.2 Å². The minimum absolute atomic E-state index is 0.209. The maximum absolute atomic E-state index is 12.9. The van der Waals surface area contributed by atoms with E-state index >= 15 is 0 Å². The van der Waals surface area contributed by atoms with Crippen LogP contribution in [0.25, 0.3) is 22.3 Å². The molecule has 34 heavy (non-hydrogen) atoms. The molecule has 3 aromatic heterocycles. The van der Waals surface area contributed by atoms with E-state index in [0.29, 0.717) is 24.4 Å². The van der Waals surface area contributed by atoms with Crippen LogP contribution in [0.3, 0.4) is 0 Å². The lowest BCUT2D eigenvalue weighted by molar-refractivity contribution is -0.131. The van der Waals surface area contributed by atoms with Crippen molar-refractivity contribution in [3.63, 3.8) is 0 Å². The van der Waals surface area contributed by atoms with E-state index in [-0.39, 0.29) is 5.91 Å². The van der Waals surface area contributed by atoms with Gasteiger partial charge >= 0.3 is 0 Å². The van der Waals surface area contributed by atoms with Crippen molar-refractivity contribution in [1.82, 2.24) is 34.1 Å². The Morgan fingerprint density at radius 2 is 1.71 bits per heavy atom. The van der Waals surface area contributed by atoms with E-state index in [1.807, 2.05) is 40.5 Å². The number of hydrogen-bond donors (Lipinski definition) is 0. The van der Waals surface area contributed by atoms with Crippen molar-refractivity contribution in [3.05, 3.63) is 66.2 Å². The number of piperazine rings is 1. The summed E-state index contributed by atoms with van der Waals surface area (Å²) in [5.74, 6) is 2.39. The Balaban J connectivity index is 1.15. The van der Waals surface area contributed by atoms with Gasteiger partial charge in [-0.1, -0.05) is 30.3 Å². The molecule has 1 aliphatic heterocycles. The van der Waals surface area contributed by atoms with Crippen LogP contribution in [0.1, 0.15) is 24.5 Å². The average molecular weight is 455 g/mol. The first-order chi connectivity index (χ1) is 16.7. The molecule has 172 valence electrons. The number of para-hydroxylation sites is 2. The number of rotatable bonds is 5. The molecule has 1 fully saturated rings. The highest BCUT2D eigenvalue weighted by molar-refractivity contribution is 5.93. The largest absolute Gasteiger partial charge is 0.368 e. The molecule has 0 spiro atoms. The average Bonchev–Trinajstić information content (AvgIpc) is 3.48. The molecular weight excluding hydrogens is 428 g/mol. The van der Waals surface area contributed by atoms with E-state index in [2.05, 4.69) is 55.5 Å². The maximum Gasteiger partial charge on any atom is 0.258 e. The molecule has 1 amide bonds. The fraction of sp³-hybridized carbons (Fsp3) is 0.320. The Hall–Kier alpha value is -4.01. The van der Waals surface area contributed by atoms with Gasteiger partial charge in [-0.3, -0.25) is 9.20 Å². The fourth-order valence-corrected chi connectivity index (χ4v) is 4.85. The second-order valence-electron chi connectivity index (χ2n) is 8.72. The quantitative estimate of drug-likeness (QED) is 0.406. The monoisotopic (exact) mass is 454 g/mol. The number of nitrogens with zero attached hydrogens (tertiary/aromatic N) is 8. The highest BCUT2D eigenvalue weighted by atomic mass is 16.2. The number of anilines is 1. The minimum atomic E-state index is 0.209. The first-order valence-corrected chi connectivity index (χ1v) is 11.7. The summed E-state index contributed by atoms with van der Waals surface area (Å²) < 4.78 is 3.80. The van der Waals surface area contributed by atoms with Gasteiger partial charge in [-0.2, -0.15) is 4.52 Å². The number of aryl methyl sites for hydroxylation is 2. The molecule has 0 aliphatic carbocycles. The lowest BCUT2D eigenvalue weighted by atomic mass is 10.2. The van der Waals surface area contributed by atoms with Gasteiger partial charge in [0.2, 0.25) is 5.91 Å². The molecule has 5 aromatic rings. The standard InChI is InChI=1S/C25H26N8O/c1-18-26-24-20-10-5-6-11-21(20)32-22(27-28-25(32)33(24)29-18)12-7-13-23(34)31-16-14-30(15-17-31)19-8-3-2-4-9-19/h2-6,8-11H,7,12-17H2,1H3. The third-order valence-corrected chi connectivity index (χ3v) is 6.55. The Morgan fingerprint density at radius 1 is 0.941 bits per heavy atom. The third kappa shape index (κ3) is 3.53. The molecular formula is C25H26N8O. The predicted octanol–water partition coefficient (Wildman–Crippen LogP) is 2.91. The summed E-state index contributed by atoms with van der Waals surface area (Å²) in [5.41, 5.74) is 3.00. The number of carbonyl (C=O) groups is 1. The van der Waals surface area contributed by atoms with Gasteiger partial charge < -0.3 is 9.80 Å². The van der Waals surface area contributed by atoms with Gasteiger partial charge in [-0.15, -0.1) is 15.3 Å². The number of amides is 1. The van der Waals surface area contributed by atoms with Crippen molar-refractivity contribution in [2.24, 2.45) is 0 Å². The Bertz CT molecular complexity index is 1480. The number of aromatic nitrogens is 6. The highest BCUT2D eigenvalue weighted by Crippen LogP contribution is 2.23. The van der Waals surface area contributed by atoms with E-state index in [1.54, 1.807) is 4.52 Å². The van der Waals surface area contributed by atoms with E-state index in [4.69, 9.17) is 0 Å². The molecule has 1 saturated heterocycles. The van der Waals surface area contributed by atoms with Crippen LogP contribution >= 0.6 is 0 Å². The number of hydrogen-bond acceptors (Lipinski definition) is 6. The Labute approximate surface area is 196 Å². The van der Waals surface area contributed by atoms with E-state index < -0.39 is 0 Å². The maximum atomic E-state index is 12.9. The van der Waals surface area contributed by atoms with Crippen LogP contribution < -0.4 is 4.90 Å². The van der Waals surface area contributed by atoms with Gasteiger partial charge in [0, 0.05) is 50.1 Å². The molecule has 1 aliphatic rings. The number of carbonyl (C=O) groups excluding carboxylic acids is 1. The Kier molecular flexibility index (Phi) is 5.09. The molecule has 0 atom stereocenters. The molecule has 0 N–H and O–H groups in total. The van der Waals surface area contributed by atoms with Crippen LogP contribution in [0.4, 0.5) is 5.69 Å². The molecule has 0 bridgehead atoms. The van der Waals surface area contributed by atoms with Crippen LogP contribution in [0.5, 0.6) is 0 Å². The second-order valence-corrected chi connectivity index (χ2v) is 8.72. The number of benzene rings is 2. The predicted molar refractivity (Wildman–Crippen MR) is 130 cm³/mol. The summed E-state index contributed by atoms with van der Waals surface area (Å²) in [7, 11) is 0. The van der Waals surface area contributed by atoms with E-state index in [0.717, 1.165) is 55.0 Å². The lowest BCUT2D eigenvalue weighted by Gasteiger charge is -2.36. The second kappa shape index (κ2) is 8.40. The SMILES string of the molecule is Cc1nc2c3ccccc3n3c(CCCC(=O)N4CCN(c5ccccc5)CC4)nnc3n2n1. The molecule has 9 nitrogen and oxygen atoms in total. The molecule has 0 saturated carbocycles. The molecule has 9 heteroatoms. The van der Waals surface area contributed by atoms with Crippen LogP contribution in [-0.4, -0.2) is 66.2 Å². The first kappa shape index (κ1) is 20.6. The zero-order valence-electron chi connectivity index (χ0n) is 19.1. The Morgan fingerprint density at radius 3 is 2.53 bits per heavy atom. The fourth-order valence-electron chi connectivity index (χ4n) is 4.85. The molecule has 6 rings (SSSR count). The zero-order valence-corrected chi connectivity index (χ0v) is 19.1. The van der Waals surface area contributed by atoms with Gasteiger partial charge in [0.05, 0.1) is 5.52 Å². The van der Waals surface area contributed by atoms with Gasteiger partial charge in [0.25, 0.3) is 5.78 Å². The molecule has 2 aromatic carbocycles. The van der Waals surface area contributed by atoms with Crippen molar-refractivity contribution >= 4 is 33.9 Å². The summed E-state index contributed by atoms with van der Waals surface area (Å²) in [6, 6.07) is 18.5. The van der Waals surface area contributed by atoms with Gasteiger partial charge in [-0.25, -0.2) is 4.98 Å². The van der Waals surface area contributed by atoms with Gasteiger partial charge in [0.15, 0.2) is 5.65 Å². The highest BCUT2D eigenvalue weighted by Gasteiger charge is 2.22. The van der Waals surface area contributed by atoms with Crippen molar-refractivity contribution in [2.75, 3.05) is 31.1 Å². The molecule has 0 radical (unpaired) electrons. The molecule has 0 unspecified atom stereocenters. The summed E-state index contributed by atoms with van der Waals surface area (Å²) in [4.78, 5) is 21.8. The van der Waals surface area contributed by atoms with Crippen LogP contribution in [0.15, 0.2) is 54.6 Å². The van der Waals surface area contributed by atoms with Crippen molar-refractivity contribution in [3.8, 4) is 0 Å². The van der Waals surface area contributed by atoms with E-state index in [9.17, 15) is 4.79 Å². The van der Waals surface area contributed by atoms with Crippen molar-refractivity contribution in [2.45, 2.75) is 26.2 Å². The van der Waals surface area contributed by atoms with E-state index in [1.165, 1.54) is 5.69 Å². The minimum Gasteiger partial charge on any atom is -0.368 e. The molecule has 4 heterocycles. The first-order valence-electron chi connectivity index (χ1n) is 11.7. The van der Waals surface area contributed by atoms with Crippen molar-refractivity contribution in [1.29, 1.82) is 0 Å². The van der Waals surface area contributed by atoms with Crippen LogP contribution in [0, 0.1) is 6.92 Å². The summed E-state index contributed by atoms with van der Waals surface area (Å²) in [6.07, 6.45) is 1.89. The summed E-state index contributed by atoms with van der Waals surface area (Å²) >= 11 is 0. The van der Waals surface area contributed by atoms with Gasteiger partial charge in [-0.05, 0) is 37.6 Å². The summed E-state index contributed by atoms with van der Waals surface area (Å²) in [5, 5.41) is 14.4. The van der Waals surface area contributed by atoms with Crippen molar-refractivity contribution < 1.29 is 4.79 Å². The zero-order chi connectivity index (χ0) is 23.1. The summed E-state index contributed by atoms with van der Waals surface area (Å²) in [6.45, 7) is 5.13.